The highest BCUT2D eigenvalue weighted by Crippen LogP contribution is 2.36. The summed E-state index contributed by atoms with van der Waals surface area (Å²) in [6.45, 7) is 5.27. The second-order valence-electron chi connectivity index (χ2n) is 5.91. The van der Waals surface area contributed by atoms with Gasteiger partial charge in [0.15, 0.2) is 6.10 Å². The molecule has 2 atom stereocenters. The predicted octanol–water partition coefficient (Wildman–Crippen LogP) is 4.30. The fourth-order valence-corrected chi connectivity index (χ4v) is 3.23. The van der Waals surface area contributed by atoms with Gasteiger partial charge in [-0.2, -0.15) is 0 Å². The van der Waals surface area contributed by atoms with Crippen molar-refractivity contribution in [1.29, 1.82) is 0 Å². The zero-order valence-corrected chi connectivity index (χ0v) is 15.1. The normalized spacial score (nSPS) is 19.2. The smallest absolute Gasteiger partial charge is 0.236 e. The van der Waals surface area contributed by atoms with Crippen molar-refractivity contribution in [3.63, 3.8) is 0 Å². The molecule has 0 saturated heterocycles. The summed E-state index contributed by atoms with van der Waals surface area (Å²) >= 11 is 5.99. The molecule has 0 bridgehead atoms. The molecule has 1 aliphatic rings. The van der Waals surface area contributed by atoms with Gasteiger partial charge in [-0.1, -0.05) is 59.2 Å². The molecule has 0 aromatic heterocycles. The summed E-state index contributed by atoms with van der Waals surface area (Å²) in [5, 5.41) is 4.92. The van der Waals surface area contributed by atoms with Gasteiger partial charge >= 0.3 is 0 Å². The highest BCUT2D eigenvalue weighted by Gasteiger charge is 2.42. The maximum Gasteiger partial charge on any atom is 0.236 e. The van der Waals surface area contributed by atoms with Crippen molar-refractivity contribution in [3.8, 4) is 0 Å². The van der Waals surface area contributed by atoms with Crippen LogP contribution in [0.1, 0.15) is 31.1 Å². The standard InChI is InChI=1S/C20H21ClN2O2/c1-3-23(4-2)20(24)17-18(14-10-12-16(21)13-11-14)22-25-19(17)15-8-6-5-7-9-15/h5-13,17,19H,3-4H2,1-2H3/t17-,19+/m0/s1. The van der Waals surface area contributed by atoms with Crippen LogP contribution in [-0.2, 0) is 9.63 Å². The number of halogens is 1. The number of nitrogens with zero attached hydrogens (tertiary/aromatic N) is 2. The average Bonchev–Trinajstić information content (AvgIpc) is 3.09. The maximum absolute atomic E-state index is 13.2. The first kappa shape index (κ1) is 17.5. The van der Waals surface area contributed by atoms with Crippen molar-refractivity contribution >= 4 is 23.2 Å². The van der Waals surface area contributed by atoms with Gasteiger partial charge in [-0.25, -0.2) is 0 Å². The number of oxime groups is 1. The predicted molar refractivity (Wildman–Crippen MR) is 99.7 cm³/mol. The molecule has 1 aliphatic heterocycles. The SMILES string of the molecule is CCN(CC)C(=O)[C@H]1C(c2ccc(Cl)cc2)=NO[C@@H]1c1ccccc1. The Labute approximate surface area is 153 Å². The zero-order valence-electron chi connectivity index (χ0n) is 14.4. The van der Waals surface area contributed by atoms with E-state index in [-0.39, 0.29) is 5.91 Å². The largest absolute Gasteiger partial charge is 0.386 e. The van der Waals surface area contributed by atoms with Crippen molar-refractivity contribution in [2.24, 2.45) is 11.1 Å². The molecule has 4 nitrogen and oxygen atoms in total. The molecular weight excluding hydrogens is 336 g/mol. The van der Waals surface area contributed by atoms with E-state index in [2.05, 4.69) is 5.16 Å². The molecule has 25 heavy (non-hydrogen) atoms. The molecule has 0 fully saturated rings. The Hall–Kier alpha value is -2.33. The molecule has 0 radical (unpaired) electrons. The molecule has 5 heteroatoms. The molecule has 2 aromatic carbocycles. The third-order valence-electron chi connectivity index (χ3n) is 4.47. The molecule has 0 N–H and O–H groups in total. The average molecular weight is 357 g/mol. The van der Waals surface area contributed by atoms with Gasteiger partial charge in [0.2, 0.25) is 5.91 Å². The summed E-state index contributed by atoms with van der Waals surface area (Å²) in [4.78, 5) is 20.7. The van der Waals surface area contributed by atoms with Gasteiger partial charge in [-0.15, -0.1) is 0 Å². The number of rotatable bonds is 5. The van der Waals surface area contributed by atoms with E-state index in [1.54, 1.807) is 12.1 Å². The van der Waals surface area contributed by atoms with Crippen molar-refractivity contribution in [1.82, 2.24) is 4.90 Å². The molecule has 130 valence electrons. The number of carbonyl (C=O) groups excluding carboxylic acids is 1. The molecule has 0 unspecified atom stereocenters. The Morgan fingerprint density at radius 2 is 1.72 bits per heavy atom. The second-order valence-corrected chi connectivity index (χ2v) is 6.34. The summed E-state index contributed by atoms with van der Waals surface area (Å²) in [6.07, 6.45) is -0.417. The van der Waals surface area contributed by atoms with Crippen LogP contribution in [0.2, 0.25) is 5.02 Å². The number of carbonyl (C=O) groups is 1. The van der Waals surface area contributed by atoms with E-state index in [0.717, 1.165) is 11.1 Å². The van der Waals surface area contributed by atoms with Crippen molar-refractivity contribution in [3.05, 3.63) is 70.7 Å². The first-order chi connectivity index (χ1) is 12.2. The van der Waals surface area contributed by atoms with E-state index in [4.69, 9.17) is 16.4 Å². The third-order valence-corrected chi connectivity index (χ3v) is 4.72. The zero-order chi connectivity index (χ0) is 17.8. The summed E-state index contributed by atoms with van der Waals surface area (Å²) in [5.41, 5.74) is 2.46. The molecule has 0 spiro atoms. The van der Waals surface area contributed by atoms with E-state index < -0.39 is 12.0 Å². The van der Waals surface area contributed by atoms with E-state index in [0.29, 0.717) is 23.8 Å². The van der Waals surface area contributed by atoms with Crippen LogP contribution in [0.4, 0.5) is 0 Å². The highest BCUT2D eigenvalue weighted by molar-refractivity contribution is 6.30. The lowest BCUT2D eigenvalue weighted by Crippen LogP contribution is -2.40. The van der Waals surface area contributed by atoms with E-state index >= 15 is 0 Å². The second kappa shape index (κ2) is 7.70. The number of amides is 1. The summed E-state index contributed by atoms with van der Waals surface area (Å²) in [5.74, 6) is -0.437. The van der Waals surface area contributed by atoms with Gasteiger partial charge in [0.25, 0.3) is 0 Å². The Bertz CT molecular complexity index is 755. The van der Waals surface area contributed by atoms with Crippen LogP contribution < -0.4 is 0 Å². The molecule has 1 heterocycles. The van der Waals surface area contributed by atoms with Gasteiger partial charge in [0.1, 0.15) is 11.6 Å². The summed E-state index contributed by atoms with van der Waals surface area (Å²) in [6, 6.07) is 17.1. The van der Waals surface area contributed by atoms with Crippen LogP contribution in [0.15, 0.2) is 59.8 Å². The van der Waals surface area contributed by atoms with Crippen LogP contribution in [0.5, 0.6) is 0 Å². The first-order valence-electron chi connectivity index (χ1n) is 8.49. The summed E-state index contributed by atoms with van der Waals surface area (Å²) < 4.78 is 0. The fourth-order valence-electron chi connectivity index (χ4n) is 3.10. The molecule has 1 amide bonds. The lowest BCUT2D eigenvalue weighted by atomic mass is 9.87. The third kappa shape index (κ3) is 3.54. The van der Waals surface area contributed by atoms with Gasteiger partial charge < -0.3 is 9.74 Å². The molecule has 0 aliphatic carbocycles. The number of benzene rings is 2. The van der Waals surface area contributed by atoms with Crippen LogP contribution in [0.25, 0.3) is 0 Å². The number of hydrogen-bond acceptors (Lipinski definition) is 3. The Balaban J connectivity index is 1.99. The van der Waals surface area contributed by atoms with Crippen LogP contribution in [0.3, 0.4) is 0 Å². The quantitative estimate of drug-likeness (QED) is 0.801. The molecular formula is C20H21ClN2O2. The number of hydrogen-bond donors (Lipinski definition) is 0. The van der Waals surface area contributed by atoms with Gasteiger partial charge in [-0.3, -0.25) is 4.79 Å². The maximum atomic E-state index is 13.2. The molecule has 2 aromatic rings. The minimum absolute atomic E-state index is 0.0325. The Morgan fingerprint density at radius 1 is 1.08 bits per heavy atom. The lowest BCUT2D eigenvalue weighted by Gasteiger charge is -2.26. The monoisotopic (exact) mass is 356 g/mol. The van der Waals surface area contributed by atoms with Crippen molar-refractivity contribution in [2.75, 3.05) is 13.1 Å². The highest BCUT2D eigenvalue weighted by atomic mass is 35.5. The van der Waals surface area contributed by atoms with Crippen LogP contribution in [0, 0.1) is 5.92 Å². The Kier molecular flexibility index (Phi) is 5.39. The fraction of sp³-hybridized carbons (Fsp3) is 0.300. The van der Waals surface area contributed by atoms with Gasteiger partial charge in [0.05, 0.1) is 0 Å². The first-order valence-corrected chi connectivity index (χ1v) is 8.86. The van der Waals surface area contributed by atoms with Gasteiger partial charge in [-0.05, 0) is 31.5 Å². The van der Waals surface area contributed by atoms with E-state index in [9.17, 15) is 4.79 Å². The van der Waals surface area contributed by atoms with Crippen molar-refractivity contribution < 1.29 is 9.63 Å². The lowest BCUT2D eigenvalue weighted by molar-refractivity contribution is -0.136. The van der Waals surface area contributed by atoms with Crippen molar-refractivity contribution in [2.45, 2.75) is 20.0 Å². The topological polar surface area (TPSA) is 41.9 Å². The molecule has 3 rings (SSSR count). The van der Waals surface area contributed by atoms with Gasteiger partial charge in [0, 0.05) is 23.7 Å². The van der Waals surface area contributed by atoms with E-state index in [1.165, 1.54) is 0 Å². The molecule has 0 saturated carbocycles. The minimum Gasteiger partial charge on any atom is -0.386 e. The van der Waals surface area contributed by atoms with E-state index in [1.807, 2.05) is 61.2 Å². The van der Waals surface area contributed by atoms with Crippen LogP contribution >= 0.6 is 11.6 Å². The Morgan fingerprint density at radius 3 is 2.32 bits per heavy atom. The van der Waals surface area contributed by atoms with Crippen LogP contribution in [-0.4, -0.2) is 29.6 Å². The summed E-state index contributed by atoms with van der Waals surface area (Å²) in [7, 11) is 0. The minimum atomic E-state index is -0.469.